The van der Waals surface area contributed by atoms with Gasteiger partial charge in [0.25, 0.3) is 0 Å². The molecule has 0 aliphatic carbocycles. The van der Waals surface area contributed by atoms with Crippen LogP contribution in [-0.2, 0) is 9.59 Å². The number of aliphatic carboxylic acids is 1. The van der Waals surface area contributed by atoms with E-state index in [4.69, 9.17) is 5.11 Å². The van der Waals surface area contributed by atoms with Crippen molar-refractivity contribution in [3.8, 4) is 0 Å². The Bertz CT molecular complexity index is 161. The van der Waals surface area contributed by atoms with Gasteiger partial charge >= 0.3 is 5.97 Å². The van der Waals surface area contributed by atoms with Crippen molar-refractivity contribution in [3.05, 3.63) is 0 Å². The number of hydrogen-bond donors (Lipinski definition) is 2. The molecule has 1 amide bonds. The monoisotopic (exact) mass is 188 g/mol. The van der Waals surface area contributed by atoms with Crippen LogP contribution in [-0.4, -0.2) is 48.6 Å². The summed E-state index contributed by atoms with van der Waals surface area (Å²) in [6.07, 6.45) is 1.42. The molecule has 5 nitrogen and oxygen atoms in total. The lowest BCUT2D eigenvalue weighted by Gasteiger charge is -2.17. The summed E-state index contributed by atoms with van der Waals surface area (Å²) >= 11 is 0. The first kappa shape index (κ1) is 11.9. The van der Waals surface area contributed by atoms with E-state index in [0.29, 0.717) is 26.0 Å². The normalized spacial score (nSPS) is 10.0. The van der Waals surface area contributed by atoms with E-state index in [1.165, 1.54) is 0 Å². The molecule has 0 aliphatic rings. The number of likely N-dealkylation sites (N-methyl/N-ethyl adjacent to an activating group) is 1. The summed E-state index contributed by atoms with van der Waals surface area (Å²) in [6, 6.07) is 0. The number of carboxylic acid groups (broad SMARTS) is 1. The lowest BCUT2D eigenvalue weighted by Crippen LogP contribution is -2.32. The predicted molar refractivity (Wildman–Crippen MR) is 48.4 cm³/mol. The third-order valence-electron chi connectivity index (χ3n) is 1.68. The van der Waals surface area contributed by atoms with E-state index in [1.54, 1.807) is 0 Å². The Morgan fingerprint density at radius 2 is 2.31 bits per heavy atom. The largest absolute Gasteiger partial charge is 0.480 e. The molecule has 0 bridgehead atoms. The Labute approximate surface area is 77.7 Å². The molecule has 76 valence electrons. The number of amides is 1. The van der Waals surface area contributed by atoms with Crippen LogP contribution < -0.4 is 5.32 Å². The average Bonchev–Trinajstić information content (AvgIpc) is 2.09. The maximum absolute atomic E-state index is 10.3. The molecular weight excluding hydrogens is 172 g/mol. The fourth-order valence-electron chi connectivity index (χ4n) is 1.00. The highest BCUT2D eigenvalue weighted by Crippen LogP contribution is 1.89. The number of rotatable bonds is 8. The van der Waals surface area contributed by atoms with Crippen LogP contribution in [0.15, 0.2) is 0 Å². The van der Waals surface area contributed by atoms with Gasteiger partial charge in [0.1, 0.15) is 0 Å². The van der Waals surface area contributed by atoms with E-state index >= 15 is 0 Å². The summed E-state index contributed by atoms with van der Waals surface area (Å²) in [6.45, 7) is 3.99. The summed E-state index contributed by atoms with van der Waals surface area (Å²) < 4.78 is 0. The Balaban J connectivity index is 3.47. The Hall–Kier alpha value is -1.10. The fourth-order valence-corrected chi connectivity index (χ4v) is 1.00. The lowest BCUT2D eigenvalue weighted by atomic mass is 10.3. The zero-order valence-corrected chi connectivity index (χ0v) is 7.82. The molecule has 5 heteroatoms. The van der Waals surface area contributed by atoms with Crippen molar-refractivity contribution in [3.63, 3.8) is 0 Å². The van der Waals surface area contributed by atoms with Gasteiger partial charge in [-0.15, -0.1) is 0 Å². The van der Waals surface area contributed by atoms with Gasteiger partial charge in [0.15, 0.2) is 0 Å². The highest BCUT2D eigenvalue weighted by molar-refractivity contribution is 5.69. The van der Waals surface area contributed by atoms with E-state index in [2.05, 4.69) is 5.32 Å². The first-order chi connectivity index (χ1) is 6.20. The van der Waals surface area contributed by atoms with Crippen molar-refractivity contribution < 1.29 is 14.7 Å². The van der Waals surface area contributed by atoms with Crippen molar-refractivity contribution in [2.45, 2.75) is 13.3 Å². The van der Waals surface area contributed by atoms with Crippen molar-refractivity contribution in [1.29, 1.82) is 0 Å². The molecule has 0 spiro atoms. The first-order valence-electron chi connectivity index (χ1n) is 4.32. The molecule has 0 aliphatic heterocycles. The summed E-state index contributed by atoms with van der Waals surface area (Å²) in [5, 5.41) is 11.0. The van der Waals surface area contributed by atoms with Gasteiger partial charge in [-0.3, -0.25) is 14.5 Å². The zero-order chi connectivity index (χ0) is 10.1. The summed E-state index contributed by atoms with van der Waals surface area (Å²) in [5.74, 6) is -0.815. The summed E-state index contributed by atoms with van der Waals surface area (Å²) in [5.41, 5.74) is 0. The standard InChI is InChI=1S/C8H16N2O3/c1-2-10(6-8(12)13)5-3-4-9-7-11/h7H,2-6H2,1H3,(H,9,11)(H,12,13). The van der Waals surface area contributed by atoms with Crippen molar-refractivity contribution in [2.75, 3.05) is 26.2 Å². The van der Waals surface area contributed by atoms with Crippen molar-refractivity contribution in [2.24, 2.45) is 0 Å². The third kappa shape index (κ3) is 7.27. The molecule has 0 rings (SSSR count). The fraction of sp³-hybridized carbons (Fsp3) is 0.750. The van der Waals surface area contributed by atoms with Crippen molar-refractivity contribution >= 4 is 12.4 Å². The number of carboxylic acids is 1. The predicted octanol–water partition coefficient (Wildman–Crippen LogP) is -0.471. The zero-order valence-electron chi connectivity index (χ0n) is 7.82. The minimum absolute atomic E-state index is 0.0671. The molecule has 0 aromatic heterocycles. The molecule has 0 fully saturated rings. The average molecular weight is 188 g/mol. The van der Waals surface area contributed by atoms with E-state index in [9.17, 15) is 9.59 Å². The number of nitrogens with one attached hydrogen (secondary N) is 1. The quantitative estimate of drug-likeness (QED) is 0.399. The third-order valence-corrected chi connectivity index (χ3v) is 1.68. The number of carbonyl (C=O) groups is 2. The highest BCUT2D eigenvalue weighted by Gasteiger charge is 2.05. The SMILES string of the molecule is CCN(CCCNC=O)CC(=O)O. The minimum atomic E-state index is -0.815. The van der Waals surface area contributed by atoms with Gasteiger partial charge in [-0.2, -0.15) is 0 Å². The lowest BCUT2D eigenvalue weighted by molar-refractivity contribution is -0.138. The summed E-state index contributed by atoms with van der Waals surface area (Å²) in [4.78, 5) is 22.0. The van der Waals surface area contributed by atoms with E-state index in [1.807, 2.05) is 11.8 Å². The highest BCUT2D eigenvalue weighted by atomic mass is 16.4. The Morgan fingerprint density at radius 3 is 2.77 bits per heavy atom. The van der Waals surface area contributed by atoms with Gasteiger partial charge in [-0.05, 0) is 13.0 Å². The van der Waals surface area contributed by atoms with Crippen LogP contribution in [0.3, 0.4) is 0 Å². The van der Waals surface area contributed by atoms with Crippen LogP contribution in [0.25, 0.3) is 0 Å². The van der Waals surface area contributed by atoms with Crippen LogP contribution in [0.2, 0.25) is 0 Å². The molecule has 0 radical (unpaired) electrons. The smallest absolute Gasteiger partial charge is 0.317 e. The van der Waals surface area contributed by atoms with Gasteiger partial charge in [-0.25, -0.2) is 0 Å². The molecule has 0 saturated carbocycles. The maximum atomic E-state index is 10.3. The van der Waals surface area contributed by atoms with Crippen LogP contribution in [0, 0.1) is 0 Å². The van der Waals surface area contributed by atoms with E-state index in [0.717, 1.165) is 6.42 Å². The van der Waals surface area contributed by atoms with Crippen LogP contribution >= 0.6 is 0 Å². The number of nitrogens with zero attached hydrogens (tertiary/aromatic N) is 1. The Morgan fingerprint density at radius 1 is 1.62 bits per heavy atom. The minimum Gasteiger partial charge on any atom is -0.480 e. The first-order valence-corrected chi connectivity index (χ1v) is 4.32. The van der Waals surface area contributed by atoms with Gasteiger partial charge < -0.3 is 10.4 Å². The number of carbonyl (C=O) groups excluding carboxylic acids is 1. The molecule has 0 saturated heterocycles. The molecule has 0 unspecified atom stereocenters. The van der Waals surface area contributed by atoms with E-state index in [-0.39, 0.29) is 6.54 Å². The van der Waals surface area contributed by atoms with Gasteiger partial charge in [0.05, 0.1) is 6.54 Å². The Kier molecular flexibility index (Phi) is 6.91. The van der Waals surface area contributed by atoms with Gasteiger partial charge in [0.2, 0.25) is 6.41 Å². The van der Waals surface area contributed by atoms with Gasteiger partial charge in [-0.1, -0.05) is 6.92 Å². The van der Waals surface area contributed by atoms with Crippen LogP contribution in [0.1, 0.15) is 13.3 Å². The molecule has 13 heavy (non-hydrogen) atoms. The van der Waals surface area contributed by atoms with Crippen molar-refractivity contribution in [1.82, 2.24) is 10.2 Å². The topological polar surface area (TPSA) is 69.6 Å². The second-order valence-corrected chi connectivity index (χ2v) is 2.69. The molecule has 0 atom stereocenters. The second kappa shape index (κ2) is 7.54. The van der Waals surface area contributed by atoms with E-state index < -0.39 is 5.97 Å². The molecular formula is C8H16N2O3. The summed E-state index contributed by atoms with van der Waals surface area (Å²) in [7, 11) is 0. The molecule has 0 heterocycles. The molecule has 0 aromatic rings. The molecule has 2 N–H and O–H groups in total. The van der Waals surface area contributed by atoms with Gasteiger partial charge in [0, 0.05) is 13.1 Å². The van der Waals surface area contributed by atoms with Crippen LogP contribution in [0.5, 0.6) is 0 Å². The van der Waals surface area contributed by atoms with Crippen LogP contribution in [0.4, 0.5) is 0 Å². The molecule has 0 aromatic carbocycles. The maximum Gasteiger partial charge on any atom is 0.317 e. The number of hydrogen-bond acceptors (Lipinski definition) is 3. The second-order valence-electron chi connectivity index (χ2n) is 2.69.